The first-order valence-electron chi connectivity index (χ1n) is 11.0. The number of ether oxygens (including phenoxy) is 1. The quantitative estimate of drug-likeness (QED) is 0.244. The van der Waals surface area contributed by atoms with Gasteiger partial charge < -0.3 is 0 Å². The number of fused-ring (bicyclic) bond motifs is 3. The van der Waals surface area contributed by atoms with Crippen molar-refractivity contribution in [1.82, 2.24) is 19.3 Å². The average molecular weight is 625 g/mol. The SMILES string of the molecule is Cc1cc(C)n(-c2cccc(Oc3ccc4c5ccccc5n(-c5ccccn5)c4[c]3[Pt])c2)n1. The molecule has 0 fully saturated rings. The second-order valence-electron chi connectivity index (χ2n) is 8.22. The summed E-state index contributed by atoms with van der Waals surface area (Å²) >= 11 is 2.37. The van der Waals surface area contributed by atoms with Gasteiger partial charge >= 0.3 is 209 Å². The number of nitrogens with zero attached hydrogens (tertiary/aromatic N) is 4. The molecule has 6 rings (SSSR count). The number of hydrogen-bond acceptors (Lipinski definition) is 3. The van der Waals surface area contributed by atoms with Crippen molar-refractivity contribution >= 4 is 25.8 Å². The number of aromatic nitrogens is 4. The van der Waals surface area contributed by atoms with E-state index in [1.54, 1.807) is 0 Å². The van der Waals surface area contributed by atoms with Gasteiger partial charge in [0.05, 0.1) is 0 Å². The summed E-state index contributed by atoms with van der Waals surface area (Å²) < 4.78 is 11.6. The van der Waals surface area contributed by atoms with Crippen LogP contribution in [0.4, 0.5) is 0 Å². The zero-order valence-electron chi connectivity index (χ0n) is 18.7. The first kappa shape index (κ1) is 20.9. The standard InChI is InChI=1S/C28H21N4O.Pt/c1-19-16-20(2)32(30-19)21-8-7-9-22(17-21)33-23-13-14-25-24-10-3-4-11-26(24)31(27(25)18-23)28-12-5-6-15-29-28;/h3-17H,1-2H3;. The second-order valence-corrected chi connectivity index (χ2v) is 9.36. The number of aryl methyl sites for hydroxylation is 2. The molecular formula is C28H21N4OPt. The van der Waals surface area contributed by atoms with Crippen LogP contribution in [0.15, 0.2) is 91.1 Å². The van der Waals surface area contributed by atoms with Gasteiger partial charge in [-0.2, -0.15) is 0 Å². The van der Waals surface area contributed by atoms with Gasteiger partial charge in [0, 0.05) is 0 Å². The maximum atomic E-state index is 6.43. The second kappa shape index (κ2) is 8.26. The Bertz CT molecular complexity index is 1670. The molecular weight excluding hydrogens is 603 g/mol. The van der Waals surface area contributed by atoms with Gasteiger partial charge in [-0.1, -0.05) is 0 Å². The van der Waals surface area contributed by atoms with Crippen LogP contribution in [0.2, 0.25) is 0 Å². The van der Waals surface area contributed by atoms with Crippen LogP contribution in [0.1, 0.15) is 11.4 Å². The molecule has 0 saturated heterocycles. The molecule has 0 atom stereocenters. The van der Waals surface area contributed by atoms with Crippen LogP contribution in [0, 0.1) is 13.8 Å². The van der Waals surface area contributed by atoms with Crippen molar-refractivity contribution in [2.75, 3.05) is 0 Å². The van der Waals surface area contributed by atoms with E-state index in [9.17, 15) is 0 Å². The zero-order chi connectivity index (χ0) is 23.2. The van der Waals surface area contributed by atoms with E-state index < -0.39 is 0 Å². The van der Waals surface area contributed by atoms with Crippen LogP contribution in [0.5, 0.6) is 11.5 Å². The molecule has 34 heavy (non-hydrogen) atoms. The number of rotatable bonds is 4. The third kappa shape index (κ3) is 3.44. The van der Waals surface area contributed by atoms with Crippen LogP contribution in [0.3, 0.4) is 0 Å². The summed E-state index contributed by atoms with van der Waals surface area (Å²) in [4.78, 5) is 4.64. The maximum absolute atomic E-state index is 6.43. The van der Waals surface area contributed by atoms with Crippen molar-refractivity contribution < 1.29 is 24.6 Å². The van der Waals surface area contributed by atoms with E-state index in [1.807, 2.05) is 60.3 Å². The van der Waals surface area contributed by atoms with Crippen molar-refractivity contribution in [3.63, 3.8) is 0 Å². The van der Waals surface area contributed by atoms with Crippen LogP contribution < -0.4 is 8.69 Å². The summed E-state index contributed by atoms with van der Waals surface area (Å²) in [5.74, 6) is 2.46. The third-order valence-corrected chi connectivity index (χ3v) is 6.99. The molecule has 5 nitrogen and oxygen atoms in total. The molecule has 6 aromatic rings. The summed E-state index contributed by atoms with van der Waals surface area (Å²) in [5, 5.41) is 6.98. The summed E-state index contributed by atoms with van der Waals surface area (Å²) in [7, 11) is 0. The van der Waals surface area contributed by atoms with Crippen molar-refractivity contribution in [3.8, 4) is 23.0 Å². The van der Waals surface area contributed by atoms with Gasteiger partial charge in [-0.3, -0.25) is 0 Å². The molecule has 0 aliphatic carbocycles. The van der Waals surface area contributed by atoms with E-state index in [0.717, 1.165) is 49.4 Å². The van der Waals surface area contributed by atoms with Crippen LogP contribution in [0.25, 0.3) is 33.3 Å². The van der Waals surface area contributed by atoms with E-state index in [-0.39, 0.29) is 0 Å². The molecule has 0 saturated carbocycles. The van der Waals surface area contributed by atoms with E-state index >= 15 is 0 Å². The van der Waals surface area contributed by atoms with Gasteiger partial charge in [-0.15, -0.1) is 0 Å². The summed E-state index contributed by atoms with van der Waals surface area (Å²) in [6.07, 6.45) is 1.83. The minimum atomic E-state index is 0.767. The molecule has 3 heterocycles. The Morgan fingerprint density at radius 1 is 0.824 bits per heavy atom. The van der Waals surface area contributed by atoms with E-state index in [4.69, 9.17) is 4.74 Å². The van der Waals surface area contributed by atoms with Gasteiger partial charge in [0.1, 0.15) is 0 Å². The topological polar surface area (TPSA) is 44.9 Å². The van der Waals surface area contributed by atoms with Crippen LogP contribution in [-0.4, -0.2) is 19.3 Å². The minimum absolute atomic E-state index is 0.767. The van der Waals surface area contributed by atoms with Crippen molar-refractivity contribution in [2.24, 2.45) is 0 Å². The van der Waals surface area contributed by atoms with Gasteiger partial charge in [-0.05, 0) is 0 Å². The first-order chi connectivity index (χ1) is 16.6. The molecule has 0 aliphatic rings. The van der Waals surface area contributed by atoms with E-state index in [2.05, 4.69) is 83.9 Å². The summed E-state index contributed by atoms with van der Waals surface area (Å²) in [5.41, 5.74) is 5.27. The predicted molar refractivity (Wildman–Crippen MR) is 131 cm³/mol. The molecule has 0 bridgehead atoms. The molecule has 3 aromatic heterocycles. The molecule has 0 aliphatic heterocycles. The van der Waals surface area contributed by atoms with Crippen LogP contribution in [-0.2, 0) is 19.8 Å². The fourth-order valence-electron chi connectivity index (χ4n) is 4.47. The van der Waals surface area contributed by atoms with Crippen molar-refractivity contribution in [3.05, 3.63) is 103 Å². The molecule has 0 unspecified atom stereocenters. The molecule has 3 aromatic carbocycles. The Hall–Kier alpha value is -3.69. The Kier molecular flexibility index (Phi) is 5.08. The zero-order valence-corrected chi connectivity index (χ0v) is 20.9. The van der Waals surface area contributed by atoms with E-state index in [0.29, 0.717) is 0 Å². The van der Waals surface area contributed by atoms with Gasteiger partial charge in [0.2, 0.25) is 0 Å². The number of benzene rings is 3. The number of para-hydroxylation sites is 1. The number of hydrogen-bond donors (Lipinski definition) is 0. The van der Waals surface area contributed by atoms with Crippen molar-refractivity contribution in [1.29, 1.82) is 0 Å². The molecule has 0 amide bonds. The van der Waals surface area contributed by atoms with Crippen LogP contribution >= 0.6 is 0 Å². The first-order valence-corrected chi connectivity index (χ1v) is 12.2. The van der Waals surface area contributed by atoms with Gasteiger partial charge in [-0.25, -0.2) is 0 Å². The van der Waals surface area contributed by atoms with Crippen molar-refractivity contribution in [2.45, 2.75) is 13.8 Å². The normalized spacial score (nSPS) is 11.4. The Labute approximate surface area is 208 Å². The Morgan fingerprint density at radius 2 is 1.68 bits per heavy atom. The Balaban J connectivity index is 1.50. The average Bonchev–Trinajstić information content (AvgIpc) is 3.38. The molecule has 6 heteroatoms. The van der Waals surface area contributed by atoms with Gasteiger partial charge in [0.25, 0.3) is 0 Å². The molecule has 169 valence electrons. The fraction of sp³-hybridized carbons (Fsp3) is 0.0714. The monoisotopic (exact) mass is 624 g/mol. The molecule has 0 spiro atoms. The Morgan fingerprint density at radius 3 is 2.47 bits per heavy atom. The summed E-state index contributed by atoms with van der Waals surface area (Å²) in [6.45, 7) is 4.06. The van der Waals surface area contributed by atoms with Gasteiger partial charge in [0.15, 0.2) is 0 Å². The molecule has 0 radical (unpaired) electrons. The molecule has 0 N–H and O–H groups in total. The predicted octanol–water partition coefficient (Wildman–Crippen LogP) is 5.95. The number of pyridine rings is 1. The van der Waals surface area contributed by atoms with E-state index in [1.165, 1.54) is 10.8 Å². The fourth-order valence-corrected chi connectivity index (χ4v) is 5.34. The summed E-state index contributed by atoms with van der Waals surface area (Å²) in [6, 6.07) is 28.7. The third-order valence-electron chi connectivity index (χ3n) is 5.89.